The predicted molar refractivity (Wildman–Crippen MR) is 125 cm³/mol. The number of rotatable bonds is 4. The minimum Gasteiger partial charge on any atom is -0.464 e. The number of aryl methyl sites for hydroxylation is 1. The molecule has 0 unspecified atom stereocenters. The van der Waals surface area contributed by atoms with Gasteiger partial charge < -0.3 is 24.4 Å². The van der Waals surface area contributed by atoms with Crippen LogP contribution < -0.4 is 24.4 Å². The molecule has 2 aliphatic heterocycles. The maximum absolute atomic E-state index is 5.73. The van der Waals surface area contributed by atoms with Gasteiger partial charge in [0.25, 0.3) is 0 Å². The second-order valence-electron chi connectivity index (χ2n) is 7.85. The molecule has 0 radical (unpaired) electrons. The quantitative estimate of drug-likeness (QED) is 0.505. The molecule has 1 N–H and O–H groups in total. The minimum atomic E-state index is 0.260. The van der Waals surface area contributed by atoms with Crippen molar-refractivity contribution in [2.75, 3.05) is 44.5 Å². The molecule has 0 bridgehead atoms. The lowest BCUT2D eigenvalue weighted by molar-refractivity contribution is 0.174. The summed E-state index contributed by atoms with van der Waals surface area (Å²) in [7, 11) is 0. The largest absolute Gasteiger partial charge is 0.464 e. The van der Waals surface area contributed by atoms with Gasteiger partial charge in [-0.2, -0.15) is 9.97 Å². The number of anilines is 1. The monoisotopic (exact) mass is 449 g/mol. The van der Waals surface area contributed by atoms with Crippen LogP contribution in [0, 0.1) is 6.92 Å². The average Bonchev–Trinajstić information content (AvgIpc) is 3.43. The lowest BCUT2D eigenvalue weighted by Gasteiger charge is -2.28. The summed E-state index contributed by atoms with van der Waals surface area (Å²) >= 11 is 1.65. The maximum Gasteiger partial charge on any atom is 0.319 e. The number of pyridine rings is 1. The topological polar surface area (TPSA) is 81.6 Å². The van der Waals surface area contributed by atoms with E-state index in [1.54, 1.807) is 11.3 Å². The van der Waals surface area contributed by atoms with E-state index >= 15 is 0 Å². The number of thiophene rings is 1. The number of ether oxygens (including phenoxy) is 3. The zero-order valence-electron chi connectivity index (χ0n) is 18.0. The van der Waals surface area contributed by atoms with Crippen LogP contribution >= 0.6 is 11.3 Å². The van der Waals surface area contributed by atoms with Crippen molar-refractivity contribution in [1.82, 2.24) is 20.3 Å². The summed E-state index contributed by atoms with van der Waals surface area (Å²) < 4.78 is 17.8. The first-order valence-corrected chi connectivity index (χ1v) is 11.6. The van der Waals surface area contributed by atoms with Crippen LogP contribution in [0.1, 0.15) is 12.5 Å². The Morgan fingerprint density at radius 3 is 2.78 bits per heavy atom. The fourth-order valence-electron chi connectivity index (χ4n) is 4.27. The number of piperazine rings is 1. The van der Waals surface area contributed by atoms with Crippen molar-refractivity contribution in [2.45, 2.75) is 13.8 Å². The van der Waals surface area contributed by atoms with E-state index < -0.39 is 0 Å². The van der Waals surface area contributed by atoms with Gasteiger partial charge in [-0.1, -0.05) is 0 Å². The molecule has 2 aliphatic rings. The smallest absolute Gasteiger partial charge is 0.319 e. The van der Waals surface area contributed by atoms with Gasteiger partial charge in [-0.25, -0.2) is 4.98 Å². The summed E-state index contributed by atoms with van der Waals surface area (Å²) in [6.45, 7) is 8.53. The molecule has 164 valence electrons. The number of nitrogens with zero attached hydrogens (tertiary/aromatic N) is 4. The summed E-state index contributed by atoms with van der Waals surface area (Å²) in [6, 6.07) is 8.48. The SMILES string of the molecule is CCOc1nc(N2CCNCC2)c2sc3nc(-c4ccc5c(c4)OCO5)cc(C)c3c2n1. The number of hydrogen-bond donors (Lipinski definition) is 1. The summed E-state index contributed by atoms with van der Waals surface area (Å²) in [6.07, 6.45) is 0. The van der Waals surface area contributed by atoms with Crippen molar-refractivity contribution in [1.29, 1.82) is 0 Å². The molecule has 0 amide bonds. The lowest BCUT2D eigenvalue weighted by Crippen LogP contribution is -2.44. The fraction of sp³-hybridized carbons (Fsp3) is 0.348. The Balaban J connectivity index is 1.53. The molecule has 4 aromatic rings. The zero-order chi connectivity index (χ0) is 21.7. The Bertz CT molecular complexity index is 1330. The fourth-order valence-corrected chi connectivity index (χ4v) is 5.48. The van der Waals surface area contributed by atoms with Crippen LogP contribution in [0.5, 0.6) is 17.5 Å². The molecule has 0 spiro atoms. The van der Waals surface area contributed by atoms with Crippen molar-refractivity contribution in [3.05, 3.63) is 29.8 Å². The summed E-state index contributed by atoms with van der Waals surface area (Å²) in [5.74, 6) is 2.46. The van der Waals surface area contributed by atoms with Gasteiger partial charge in [-0.05, 0) is 43.7 Å². The van der Waals surface area contributed by atoms with E-state index in [4.69, 9.17) is 29.2 Å². The highest BCUT2D eigenvalue weighted by Gasteiger charge is 2.23. The number of nitrogens with one attached hydrogen (secondary N) is 1. The molecule has 5 heterocycles. The molecule has 0 saturated carbocycles. The van der Waals surface area contributed by atoms with E-state index in [2.05, 4.69) is 23.2 Å². The second kappa shape index (κ2) is 7.75. The van der Waals surface area contributed by atoms with Gasteiger partial charge in [0.1, 0.15) is 10.3 Å². The maximum atomic E-state index is 5.73. The van der Waals surface area contributed by atoms with Crippen molar-refractivity contribution in [2.24, 2.45) is 0 Å². The van der Waals surface area contributed by atoms with E-state index in [1.165, 1.54) is 0 Å². The van der Waals surface area contributed by atoms with Crippen LogP contribution in [0.4, 0.5) is 5.82 Å². The average molecular weight is 450 g/mol. The highest BCUT2D eigenvalue weighted by Crippen LogP contribution is 2.41. The molecule has 0 aliphatic carbocycles. The van der Waals surface area contributed by atoms with Crippen molar-refractivity contribution < 1.29 is 14.2 Å². The van der Waals surface area contributed by atoms with Crippen LogP contribution in [0.2, 0.25) is 0 Å². The zero-order valence-corrected chi connectivity index (χ0v) is 18.8. The molecular formula is C23H23N5O3S. The van der Waals surface area contributed by atoms with Crippen LogP contribution in [-0.4, -0.2) is 54.5 Å². The normalized spacial score (nSPS) is 15.6. The highest BCUT2D eigenvalue weighted by molar-refractivity contribution is 7.26. The molecule has 6 rings (SSSR count). The van der Waals surface area contributed by atoms with Crippen molar-refractivity contribution in [3.63, 3.8) is 0 Å². The number of hydrogen-bond acceptors (Lipinski definition) is 9. The van der Waals surface area contributed by atoms with Crippen LogP contribution in [0.25, 0.3) is 31.7 Å². The van der Waals surface area contributed by atoms with E-state index in [1.807, 2.05) is 25.1 Å². The van der Waals surface area contributed by atoms with Gasteiger partial charge in [-0.15, -0.1) is 11.3 Å². The Morgan fingerprint density at radius 2 is 1.94 bits per heavy atom. The Labute approximate surface area is 189 Å². The van der Waals surface area contributed by atoms with Gasteiger partial charge in [0, 0.05) is 37.1 Å². The van der Waals surface area contributed by atoms with Gasteiger partial charge in [-0.3, -0.25) is 0 Å². The first kappa shape index (κ1) is 19.5. The molecule has 1 fully saturated rings. The van der Waals surface area contributed by atoms with E-state index in [-0.39, 0.29) is 6.79 Å². The molecule has 1 saturated heterocycles. The number of fused-ring (bicyclic) bond motifs is 4. The first-order valence-electron chi connectivity index (χ1n) is 10.8. The highest BCUT2D eigenvalue weighted by atomic mass is 32.1. The van der Waals surface area contributed by atoms with Crippen molar-refractivity contribution in [3.8, 4) is 28.8 Å². The molecule has 8 nitrogen and oxygen atoms in total. The summed E-state index contributed by atoms with van der Waals surface area (Å²) in [5.41, 5.74) is 3.95. The van der Waals surface area contributed by atoms with Crippen LogP contribution in [0.15, 0.2) is 24.3 Å². The Morgan fingerprint density at radius 1 is 1.09 bits per heavy atom. The Hall–Kier alpha value is -3.17. The van der Waals surface area contributed by atoms with Gasteiger partial charge in [0.2, 0.25) is 6.79 Å². The van der Waals surface area contributed by atoms with Crippen molar-refractivity contribution >= 4 is 37.6 Å². The molecular weight excluding hydrogens is 426 g/mol. The predicted octanol–water partition coefficient (Wildman–Crippen LogP) is 3.75. The molecule has 0 atom stereocenters. The van der Waals surface area contributed by atoms with Crippen LogP contribution in [-0.2, 0) is 0 Å². The standard InChI is InChI=1S/C23H23N5O3S/c1-3-29-23-26-19-18-13(2)10-15(14-4-5-16-17(11-14)31-12-30-16)25-22(18)32-20(19)21(27-23)28-8-6-24-7-9-28/h4-5,10-11,24H,3,6-9,12H2,1-2H3. The third kappa shape index (κ3) is 3.20. The van der Waals surface area contributed by atoms with E-state index in [0.29, 0.717) is 12.6 Å². The van der Waals surface area contributed by atoms with E-state index in [9.17, 15) is 0 Å². The molecule has 1 aromatic carbocycles. The Kier molecular flexibility index (Phi) is 4.73. The third-order valence-electron chi connectivity index (χ3n) is 5.80. The van der Waals surface area contributed by atoms with E-state index in [0.717, 1.165) is 80.7 Å². The minimum absolute atomic E-state index is 0.260. The number of aromatic nitrogens is 3. The summed E-state index contributed by atoms with van der Waals surface area (Å²) in [4.78, 5) is 17.8. The third-order valence-corrected chi connectivity index (χ3v) is 6.87. The summed E-state index contributed by atoms with van der Waals surface area (Å²) in [5, 5.41) is 4.47. The van der Waals surface area contributed by atoms with Gasteiger partial charge in [0.15, 0.2) is 17.3 Å². The van der Waals surface area contributed by atoms with Crippen LogP contribution in [0.3, 0.4) is 0 Å². The van der Waals surface area contributed by atoms with Gasteiger partial charge >= 0.3 is 6.01 Å². The van der Waals surface area contributed by atoms with Gasteiger partial charge in [0.05, 0.1) is 17.0 Å². The second-order valence-corrected chi connectivity index (χ2v) is 8.85. The molecule has 32 heavy (non-hydrogen) atoms. The lowest BCUT2D eigenvalue weighted by atomic mass is 10.1. The number of benzene rings is 1. The first-order chi connectivity index (χ1) is 15.7. The molecule has 3 aromatic heterocycles. The molecule has 9 heteroatoms.